The fourth-order valence-electron chi connectivity index (χ4n) is 2.16. The molecular weight excluding hydrogens is 348 g/mol. The van der Waals surface area contributed by atoms with Crippen molar-refractivity contribution in [2.75, 3.05) is 14.2 Å². The molecule has 5 nitrogen and oxygen atoms in total. The molecule has 0 aliphatic carbocycles. The number of hydrogen-bond donors (Lipinski definition) is 0. The average molecular weight is 367 g/mol. The molecule has 0 aliphatic rings. The van der Waals surface area contributed by atoms with Gasteiger partial charge in [0.1, 0.15) is 10.3 Å². The summed E-state index contributed by atoms with van der Waals surface area (Å²) in [5.41, 5.74) is 1.68. The molecule has 1 heterocycles. The Morgan fingerprint density at radius 3 is 2.32 bits per heavy atom. The molecule has 1 aromatic heterocycles. The Morgan fingerprint density at radius 2 is 1.82 bits per heavy atom. The molecule has 0 spiro atoms. The van der Waals surface area contributed by atoms with Crippen LogP contribution in [0.25, 0.3) is 11.3 Å². The molecule has 118 valence electrons. The van der Waals surface area contributed by atoms with E-state index in [9.17, 15) is 4.79 Å². The summed E-state index contributed by atoms with van der Waals surface area (Å²) in [6.07, 6.45) is 0.811. The Balaban J connectivity index is 2.65. The topological polar surface area (TPSA) is 53.4 Å². The number of benzene rings is 1. The van der Waals surface area contributed by atoms with Crippen molar-refractivity contribution in [1.82, 2.24) is 9.78 Å². The van der Waals surface area contributed by atoms with E-state index in [2.05, 4.69) is 21.0 Å². The maximum atomic E-state index is 11.5. The van der Waals surface area contributed by atoms with Gasteiger partial charge in [0.05, 0.1) is 25.3 Å². The zero-order chi connectivity index (χ0) is 16.5. The molecule has 2 rings (SSSR count). The Hall–Kier alpha value is -1.82. The molecule has 1 aromatic carbocycles. The summed E-state index contributed by atoms with van der Waals surface area (Å²) in [5.74, 6) is 1.23. The first-order valence-electron chi connectivity index (χ1n) is 6.80. The maximum Gasteiger partial charge on any atom is 0.161 e. The number of methoxy groups -OCH3 is 2. The molecule has 0 saturated carbocycles. The highest BCUT2D eigenvalue weighted by molar-refractivity contribution is 9.10. The standard InChI is InChI=1S/C16H19BrN2O3/c1-16(2,3)19-15(17)11(9-20)14(18-19)10-6-7-12(21-4)13(8-10)22-5/h6-9H,1-5H3. The summed E-state index contributed by atoms with van der Waals surface area (Å²) >= 11 is 3.47. The summed E-state index contributed by atoms with van der Waals surface area (Å²) < 4.78 is 13.0. The summed E-state index contributed by atoms with van der Waals surface area (Å²) in [4.78, 5) is 11.5. The van der Waals surface area contributed by atoms with Crippen LogP contribution in [0.3, 0.4) is 0 Å². The van der Waals surface area contributed by atoms with Gasteiger partial charge in [-0.15, -0.1) is 0 Å². The number of aldehydes is 1. The lowest BCUT2D eigenvalue weighted by Gasteiger charge is -2.20. The number of rotatable bonds is 4. The molecular formula is C16H19BrN2O3. The third kappa shape index (κ3) is 2.88. The number of aromatic nitrogens is 2. The van der Waals surface area contributed by atoms with E-state index < -0.39 is 0 Å². The Labute approximate surface area is 138 Å². The second-order valence-electron chi connectivity index (χ2n) is 5.82. The molecule has 0 radical (unpaired) electrons. The van der Waals surface area contributed by atoms with Gasteiger partial charge in [-0.3, -0.25) is 9.48 Å². The average Bonchev–Trinajstić information content (AvgIpc) is 2.83. The van der Waals surface area contributed by atoms with Crippen LogP contribution in [-0.2, 0) is 5.54 Å². The maximum absolute atomic E-state index is 11.5. The molecule has 0 aliphatic heterocycles. The number of hydrogen-bond acceptors (Lipinski definition) is 4. The van der Waals surface area contributed by atoms with Crippen LogP contribution in [0, 0.1) is 0 Å². The van der Waals surface area contributed by atoms with E-state index in [1.54, 1.807) is 25.0 Å². The molecule has 0 amide bonds. The van der Waals surface area contributed by atoms with Crippen molar-refractivity contribution >= 4 is 22.2 Å². The van der Waals surface area contributed by atoms with Gasteiger partial charge in [0, 0.05) is 5.56 Å². The van der Waals surface area contributed by atoms with Crippen LogP contribution in [0.2, 0.25) is 0 Å². The molecule has 2 aromatic rings. The smallest absolute Gasteiger partial charge is 0.161 e. The van der Waals surface area contributed by atoms with E-state index in [0.717, 1.165) is 11.8 Å². The van der Waals surface area contributed by atoms with Crippen LogP contribution < -0.4 is 9.47 Å². The summed E-state index contributed by atoms with van der Waals surface area (Å²) in [5, 5.41) is 4.60. The molecule has 0 saturated heterocycles. The number of ether oxygens (including phenoxy) is 2. The van der Waals surface area contributed by atoms with Gasteiger partial charge in [0.2, 0.25) is 0 Å². The molecule has 0 atom stereocenters. The minimum Gasteiger partial charge on any atom is -0.493 e. The van der Waals surface area contributed by atoms with Gasteiger partial charge in [0.15, 0.2) is 17.8 Å². The van der Waals surface area contributed by atoms with Gasteiger partial charge in [-0.25, -0.2) is 0 Å². The Kier molecular flexibility index (Phi) is 4.60. The monoisotopic (exact) mass is 366 g/mol. The van der Waals surface area contributed by atoms with Gasteiger partial charge >= 0.3 is 0 Å². The first kappa shape index (κ1) is 16.5. The van der Waals surface area contributed by atoms with Crippen LogP contribution >= 0.6 is 15.9 Å². The molecule has 0 unspecified atom stereocenters. The van der Waals surface area contributed by atoms with Gasteiger partial charge < -0.3 is 9.47 Å². The highest BCUT2D eigenvalue weighted by atomic mass is 79.9. The van der Waals surface area contributed by atoms with Gasteiger partial charge in [-0.1, -0.05) is 0 Å². The highest BCUT2D eigenvalue weighted by Gasteiger charge is 2.24. The van der Waals surface area contributed by atoms with Gasteiger partial charge in [-0.2, -0.15) is 5.10 Å². The molecule has 22 heavy (non-hydrogen) atoms. The van der Waals surface area contributed by atoms with Crippen LogP contribution in [-0.4, -0.2) is 30.3 Å². The van der Waals surface area contributed by atoms with E-state index in [1.807, 2.05) is 32.9 Å². The van der Waals surface area contributed by atoms with Crippen molar-refractivity contribution in [3.8, 4) is 22.8 Å². The lowest BCUT2D eigenvalue weighted by Crippen LogP contribution is -2.23. The Morgan fingerprint density at radius 1 is 1.18 bits per heavy atom. The second-order valence-corrected chi connectivity index (χ2v) is 6.57. The van der Waals surface area contributed by atoms with Crippen molar-refractivity contribution in [3.05, 3.63) is 28.4 Å². The summed E-state index contributed by atoms with van der Waals surface area (Å²) in [6, 6.07) is 5.47. The van der Waals surface area contributed by atoms with Crippen LogP contribution in [0.5, 0.6) is 11.5 Å². The van der Waals surface area contributed by atoms with Crippen LogP contribution in [0.4, 0.5) is 0 Å². The minimum atomic E-state index is -0.245. The first-order valence-corrected chi connectivity index (χ1v) is 7.59. The highest BCUT2D eigenvalue weighted by Crippen LogP contribution is 2.36. The fraction of sp³-hybridized carbons (Fsp3) is 0.375. The van der Waals surface area contributed by atoms with Crippen molar-refractivity contribution in [1.29, 1.82) is 0 Å². The van der Waals surface area contributed by atoms with Crippen LogP contribution in [0.15, 0.2) is 22.8 Å². The van der Waals surface area contributed by atoms with E-state index in [0.29, 0.717) is 27.4 Å². The number of halogens is 1. The Bertz CT molecular complexity index is 702. The third-order valence-corrected chi connectivity index (χ3v) is 4.04. The zero-order valence-corrected chi connectivity index (χ0v) is 14.9. The number of carbonyl (C=O) groups excluding carboxylic acids is 1. The zero-order valence-electron chi connectivity index (χ0n) is 13.3. The molecule has 0 bridgehead atoms. The number of carbonyl (C=O) groups is 1. The van der Waals surface area contributed by atoms with Gasteiger partial charge in [-0.05, 0) is 54.9 Å². The molecule has 0 N–H and O–H groups in total. The van der Waals surface area contributed by atoms with E-state index in [1.165, 1.54) is 0 Å². The lowest BCUT2D eigenvalue weighted by atomic mass is 10.1. The van der Waals surface area contributed by atoms with Crippen molar-refractivity contribution in [2.24, 2.45) is 0 Å². The third-order valence-electron chi connectivity index (χ3n) is 3.27. The summed E-state index contributed by atoms with van der Waals surface area (Å²) in [6.45, 7) is 6.08. The largest absolute Gasteiger partial charge is 0.493 e. The quantitative estimate of drug-likeness (QED) is 0.770. The molecule has 0 fully saturated rings. The minimum absolute atomic E-state index is 0.245. The van der Waals surface area contributed by atoms with E-state index in [-0.39, 0.29) is 5.54 Å². The van der Waals surface area contributed by atoms with Gasteiger partial charge in [0.25, 0.3) is 0 Å². The van der Waals surface area contributed by atoms with Crippen molar-refractivity contribution in [2.45, 2.75) is 26.3 Å². The number of nitrogens with zero attached hydrogens (tertiary/aromatic N) is 2. The predicted molar refractivity (Wildman–Crippen MR) is 88.9 cm³/mol. The lowest BCUT2D eigenvalue weighted by molar-refractivity contribution is 0.112. The molecule has 6 heteroatoms. The summed E-state index contributed by atoms with van der Waals surface area (Å²) in [7, 11) is 3.16. The van der Waals surface area contributed by atoms with Crippen molar-refractivity contribution < 1.29 is 14.3 Å². The second kappa shape index (κ2) is 6.12. The van der Waals surface area contributed by atoms with E-state index in [4.69, 9.17) is 9.47 Å². The van der Waals surface area contributed by atoms with E-state index >= 15 is 0 Å². The normalized spacial score (nSPS) is 11.4. The first-order chi connectivity index (χ1) is 10.3. The van der Waals surface area contributed by atoms with Crippen LogP contribution in [0.1, 0.15) is 31.1 Å². The van der Waals surface area contributed by atoms with Crippen molar-refractivity contribution in [3.63, 3.8) is 0 Å². The SMILES string of the molecule is COc1ccc(-c2nn(C(C)(C)C)c(Br)c2C=O)cc1OC. The fourth-order valence-corrected chi connectivity index (χ4v) is 3.05. The predicted octanol–water partition coefficient (Wildman–Crippen LogP) is 3.90.